The van der Waals surface area contributed by atoms with E-state index in [9.17, 15) is 4.79 Å². The lowest BCUT2D eigenvalue weighted by Crippen LogP contribution is -2.25. The van der Waals surface area contributed by atoms with Gasteiger partial charge in [-0.1, -0.05) is 11.6 Å². The fraction of sp³-hybridized carbons (Fsp3) is 0.562. The Kier molecular flexibility index (Phi) is 8.87. The van der Waals surface area contributed by atoms with Crippen molar-refractivity contribution in [2.75, 3.05) is 26.4 Å². The third kappa shape index (κ3) is 7.93. The van der Waals surface area contributed by atoms with Crippen LogP contribution in [0.15, 0.2) is 18.2 Å². The fourth-order valence-corrected chi connectivity index (χ4v) is 2.05. The third-order valence-electron chi connectivity index (χ3n) is 2.93. The van der Waals surface area contributed by atoms with E-state index >= 15 is 0 Å². The van der Waals surface area contributed by atoms with Crippen LogP contribution >= 0.6 is 11.6 Å². The first-order chi connectivity index (χ1) is 10.1. The number of benzene rings is 1. The number of nitrogens with one attached hydrogen (secondary N) is 1. The van der Waals surface area contributed by atoms with Crippen molar-refractivity contribution in [3.05, 3.63) is 28.8 Å². The molecule has 0 unspecified atom stereocenters. The van der Waals surface area contributed by atoms with Crippen LogP contribution in [0.1, 0.15) is 31.7 Å². The Balaban J connectivity index is 2.09. The maximum Gasteiger partial charge on any atom is 0.220 e. The van der Waals surface area contributed by atoms with Gasteiger partial charge in [0.1, 0.15) is 5.75 Å². The fourth-order valence-electron chi connectivity index (χ4n) is 1.82. The zero-order chi connectivity index (χ0) is 15.5. The zero-order valence-corrected chi connectivity index (χ0v) is 13.5. The van der Waals surface area contributed by atoms with Crippen molar-refractivity contribution in [1.82, 2.24) is 5.32 Å². The smallest absolute Gasteiger partial charge is 0.220 e. The molecule has 118 valence electrons. The molecule has 0 aliphatic carbocycles. The Morgan fingerprint density at radius 3 is 2.81 bits per heavy atom. The van der Waals surface area contributed by atoms with Gasteiger partial charge in [-0.15, -0.1) is 0 Å². The molecule has 0 radical (unpaired) electrons. The van der Waals surface area contributed by atoms with Crippen LogP contribution < -0.4 is 10.1 Å². The van der Waals surface area contributed by atoms with Gasteiger partial charge in [-0.25, -0.2) is 0 Å². The van der Waals surface area contributed by atoms with E-state index in [4.69, 9.17) is 21.1 Å². The topological polar surface area (TPSA) is 47.6 Å². The first-order valence-electron chi connectivity index (χ1n) is 7.37. The number of carbonyl (C=O) groups is 1. The second-order valence-corrected chi connectivity index (χ2v) is 5.20. The number of aryl methyl sites for hydroxylation is 1. The molecule has 21 heavy (non-hydrogen) atoms. The lowest BCUT2D eigenvalue weighted by atomic mass is 10.2. The molecule has 1 aromatic rings. The average molecular weight is 314 g/mol. The van der Waals surface area contributed by atoms with Gasteiger partial charge in [0.25, 0.3) is 0 Å². The normalized spacial score (nSPS) is 10.4. The van der Waals surface area contributed by atoms with E-state index in [1.54, 1.807) is 6.07 Å². The van der Waals surface area contributed by atoms with E-state index in [1.165, 1.54) is 0 Å². The summed E-state index contributed by atoms with van der Waals surface area (Å²) in [5.41, 5.74) is 1.00. The van der Waals surface area contributed by atoms with Crippen LogP contribution in [-0.2, 0) is 9.53 Å². The van der Waals surface area contributed by atoms with Gasteiger partial charge in [-0.3, -0.25) is 4.79 Å². The van der Waals surface area contributed by atoms with Crippen molar-refractivity contribution in [3.8, 4) is 5.75 Å². The SMILES string of the molecule is CCOCCCNC(=O)CCCOc1ccc(Cl)cc1C. The van der Waals surface area contributed by atoms with E-state index in [0.29, 0.717) is 37.6 Å². The summed E-state index contributed by atoms with van der Waals surface area (Å²) < 4.78 is 10.8. The molecule has 0 heterocycles. The number of ether oxygens (including phenoxy) is 2. The Morgan fingerprint density at radius 2 is 2.10 bits per heavy atom. The molecule has 0 aliphatic heterocycles. The van der Waals surface area contributed by atoms with Gasteiger partial charge in [0.2, 0.25) is 5.91 Å². The summed E-state index contributed by atoms with van der Waals surface area (Å²) in [6.07, 6.45) is 2.01. The van der Waals surface area contributed by atoms with Crippen LogP contribution in [-0.4, -0.2) is 32.3 Å². The summed E-state index contributed by atoms with van der Waals surface area (Å²) in [4.78, 5) is 11.6. The maximum atomic E-state index is 11.6. The first-order valence-corrected chi connectivity index (χ1v) is 7.74. The van der Waals surface area contributed by atoms with Crippen LogP contribution in [0.25, 0.3) is 0 Å². The number of amides is 1. The summed E-state index contributed by atoms with van der Waals surface area (Å²) in [6.45, 7) is 6.50. The van der Waals surface area contributed by atoms with Gasteiger partial charge in [0, 0.05) is 31.2 Å². The maximum absolute atomic E-state index is 11.6. The molecule has 0 aliphatic rings. The van der Waals surface area contributed by atoms with Crippen molar-refractivity contribution >= 4 is 17.5 Å². The Hall–Kier alpha value is -1.26. The molecule has 1 N–H and O–H groups in total. The molecule has 4 nitrogen and oxygen atoms in total. The molecule has 0 spiro atoms. The van der Waals surface area contributed by atoms with Crippen LogP contribution in [0.3, 0.4) is 0 Å². The van der Waals surface area contributed by atoms with Crippen molar-refractivity contribution < 1.29 is 14.3 Å². The Morgan fingerprint density at radius 1 is 1.29 bits per heavy atom. The van der Waals surface area contributed by atoms with Gasteiger partial charge in [-0.05, 0) is 50.5 Å². The lowest BCUT2D eigenvalue weighted by molar-refractivity contribution is -0.121. The molecule has 0 fully saturated rings. The van der Waals surface area contributed by atoms with Crippen LogP contribution in [0.2, 0.25) is 5.02 Å². The summed E-state index contributed by atoms with van der Waals surface area (Å²) in [5, 5.41) is 3.57. The number of carbonyl (C=O) groups excluding carboxylic acids is 1. The molecule has 0 aromatic heterocycles. The molecule has 0 atom stereocenters. The largest absolute Gasteiger partial charge is 0.493 e. The van der Waals surface area contributed by atoms with E-state index in [0.717, 1.165) is 24.3 Å². The quantitative estimate of drug-likeness (QED) is 0.674. The summed E-state index contributed by atoms with van der Waals surface area (Å²) in [6, 6.07) is 5.52. The summed E-state index contributed by atoms with van der Waals surface area (Å²) in [7, 11) is 0. The van der Waals surface area contributed by atoms with Gasteiger partial charge in [-0.2, -0.15) is 0 Å². The highest BCUT2D eigenvalue weighted by Crippen LogP contribution is 2.21. The van der Waals surface area contributed by atoms with Crippen molar-refractivity contribution in [2.24, 2.45) is 0 Å². The lowest BCUT2D eigenvalue weighted by Gasteiger charge is -2.09. The predicted molar refractivity (Wildman–Crippen MR) is 85.0 cm³/mol. The highest BCUT2D eigenvalue weighted by atomic mass is 35.5. The van der Waals surface area contributed by atoms with Crippen molar-refractivity contribution in [3.63, 3.8) is 0 Å². The van der Waals surface area contributed by atoms with E-state index in [-0.39, 0.29) is 5.91 Å². The third-order valence-corrected chi connectivity index (χ3v) is 3.17. The number of hydrogen-bond donors (Lipinski definition) is 1. The minimum absolute atomic E-state index is 0.0583. The molecule has 0 bridgehead atoms. The van der Waals surface area contributed by atoms with Crippen LogP contribution in [0.4, 0.5) is 0 Å². The number of halogens is 1. The molecular weight excluding hydrogens is 290 g/mol. The first kappa shape index (κ1) is 17.8. The van der Waals surface area contributed by atoms with Crippen LogP contribution in [0, 0.1) is 6.92 Å². The van der Waals surface area contributed by atoms with E-state index in [2.05, 4.69) is 5.32 Å². The Labute approximate surface area is 131 Å². The summed E-state index contributed by atoms with van der Waals surface area (Å²) in [5.74, 6) is 0.874. The van der Waals surface area contributed by atoms with Crippen LogP contribution in [0.5, 0.6) is 5.75 Å². The summed E-state index contributed by atoms with van der Waals surface area (Å²) >= 11 is 5.88. The molecule has 1 amide bonds. The zero-order valence-electron chi connectivity index (χ0n) is 12.8. The Bertz CT molecular complexity index is 438. The number of hydrogen-bond acceptors (Lipinski definition) is 3. The molecular formula is C16H24ClNO3. The standard InChI is InChI=1S/C16H24ClNO3/c1-3-20-10-5-9-18-16(19)6-4-11-21-15-8-7-14(17)12-13(15)2/h7-8,12H,3-6,9-11H2,1-2H3,(H,18,19). The predicted octanol–water partition coefficient (Wildman–Crippen LogP) is 3.35. The second-order valence-electron chi connectivity index (χ2n) is 4.76. The minimum Gasteiger partial charge on any atom is -0.493 e. The monoisotopic (exact) mass is 313 g/mol. The van der Waals surface area contributed by atoms with E-state index in [1.807, 2.05) is 26.0 Å². The van der Waals surface area contributed by atoms with Crippen molar-refractivity contribution in [2.45, 2.75) is 33.1 Å². The van der Waals surface area contributed by atoms with Gasteiger partial charge in [0.15, 0.2) is 0 Å². The molecule has 1 aromatic carbocycles. The van der Waals surface area contributed by atoms with Gasteiger partial charge in [0.05, 0.1) is 6.61 Å². The van der Waals surface area contributed by atoms with Gasteiger partial charge < -0.3 is 14.8 Å². The molecule has 0 saturated heterocycles. The van der Waals surface area contributed by atoms with Crippen molar-refractivity contribution in [1.29, 1.82) is 0 Å². The molecule has 5 heteroatoms. The second kappa shape index (κ2) is 10.5. The number of rotatable bonds is 10. The highest BCUT2D eigenvalue weighted by molar-refractivity contribution is 6.30. The molecule has 0 saturated carbocycles. The van der Waals surface area contributed by atoms with E-state index < -0.39 is 0 Å². The highest BCUT2D eigenvalue weighted by Gasteiger charge is 2.03. The molecule has 1 rings (SSSR count). The van der Waals surface area contributed by atoms with Gasteiger partial charge >= 0.3 is 0 Å². The average Bonchev–Trinajstić information content (AvgIpc) is 2.45. The minimum atomic E-state index is 0.0583.